The maximum atomic E-state index is 5.95. The third-order valence-electron chi connectivity index (χ3n) is 4.92. The van der Waals surface area contributed by atoms with Gasteiger partial charge in [-0.25, -0.2) is 0 Å². The highest BCUT2D eigenvalue weighted by Gasteiger charge is 2.23. The normalized spacial score (nSPS) is 11.7. The van der Waals surface area contributed by atoms with E-state index in [0.29, 0.717) is 0 Å². The molecular weight excluding hydrogens is 358 g/mol. The van der Waals surface area contributed by atoms with Gasteiger partial charge in [-0.1, -0.05) is 18.2 Å². The van der Waals surface area contributed by atoms with Crippen molar-refractivity contribution in [1.82, 2.24) is 0 Å². The lowest BCUT2D eigenvalue weighted by molar-refractivity contribution is -0.704. The van der Waals surface area contributed by atoms with Gasteiger partial charge in [-0.3, -0.25) is 0 Å². The molecule has 4 rings (SSSR count). The van der Waals surface area contributed by atoms with Gasteiger partial charge in [0.2, 0.25) is 6.04 Å². The van der Waals surface area contributed by atoms with E-state index in [4.69, 9.17) is 9.47 Å². The molecule has 0 fully saturated rings. The van der Waals surface area contributed by atoms with Crippen LogP contribution >= 0.6 is 0 Å². The number of aryl methyl sites for hydroxylation is 1. The standard InChI is InChI=1S/C26H24NO2/c1-20-16-18-27(19-17-20)26(21-8-12-23(28-2)13-9-21)22-10-14-25(15-11-22)29-24-6-4-3-5-7-24/h3-19,26H,1-2H3/q+1. The molecule has 3 heteroatoms. The molecule has 1 unspecified atom stereocenters. The average molecular weight is 382 g/mol. The number of para-hydroxylation sites is 1. The second kappa shape index (κ2) is 8.61. The molecule has 4 aromatic rings. The smallest absolute Gasteiger partial charge is 0.208 e. The lowest BCUT2D eigenvalue weighted by Gasteiger charge is -2.15. The Hall–Kier alpha value is -3.59. The van der Waals surface area contributed by atoms with E-state index in [2.05, 4.69) is 60.3 Å². The first kappa shape index (κ1) is 18.8. The van der Waals surface area contributed by atoms with Gasteiger partial charge in [0.25, 0.3) is 0 Å². The summed E-state index contributed by atoms with van der Waals surface area (Å²) in [6.45, 7) is 2.10. The molecule has 144 valence electrons. The minimum atomic E-state index is 0.0623. The fraction of sp³-hybridized carbons (Fsp3) is 0.115. The van der Waals surface area contributed by atoms with Crippen LogP contribution in [0, 0.1) is 6.92 Å². The Bertz CT molecular complexity index is 1040. The summed E-state index contributed by atoms with van der Waals surface area (Å²) in [5.74, 6) is 2.51. The molecular formula is C26H24NO2+. The molecule has 0 aliphatic carbocycles. The molecule has 0 saturated carbocycles. The molecule has 1 aromatic heterocycles. The van der Waals surface area contributed by atoms with Crippen LogP contribution in [0.3, 0.4) is 0 Å². The summed E-state index contributed by atoms with van der Waals surface area (Å²) in [7, 11) is 1.69. The molecule has 0 radical (unpaired) electrons. The Kier molecular flexibility index (Phi) is 5.57. The fourth-order valence-corrected chi connectivity index (χ4v) is 3.35. The molecule has 0 aliphatic rings. The summed E-state index contributed by atoms with van der Waals surface area (Å²) in [6, 6.07) is 30.7. The largest absolute Gasteiger partial charge is 0.497 e. The van der Waals surface area contributed by atoms with Crippen LogP contribution in [0.25, 0.3) is 0 Å². The first-order valence-electron chi connectivity index (χ1n) is 9.67. The van der Waals surface area contributed by atoms with Crippen molar-refractivity contribution in [3.05, 3.63) is 120 Å². The maximum absolute atomic E-state index is 5.95. The number of rotatable bonds is 6. The first-order valence-corrected chi connectivity index (χ1v) is 9.67. The Labute approximate surface area is 171 Å². The van der Waals surface area contributed by atoms with Crippen molar-refractivity contribution < 1.29 is 14.0 Å². The minimum Gasteiger partial charge on any atom is -0.497 e. The van der Waals surface area contributed by atoms with Gasteiger partial charge in [-0.2, -0.15) is 4.57 Å². The van der Waals surface area contributed by atoms with Crippen LogP contribution in [0.4, 0.5) is 0 Å². The van der Waals surface area contributed by atoms with Crippen molar-refractivity contribution in [1.29, 1.82) is 0 Å². The number of pyridine rings is 1. The van der Waals surface area contributed by atoms with Gasteiger partial charge < -0.3 is 9.47 Å². The maximum Gasteiger partial charge on any atom is 0.208 e. The molecule has 1 heterocycles. The topological polar surface area (TPSA) is 22.3 Å². The van der Waals surface area contributed by atoms with Crippen LogP contribution in [-0.2, 0) is 0 Å². The molecule has 3 aromatic carbocycles. The number of nitrogens with zero attached hydrogens (tertiary/aromatic N) is 1. The number of aromatic nitrogens is 1. The predicted octanol–water partition coefficient (Wildman–Crippen LogP) is 5.72. The quantitative estimate of drug-likeness (QED) is 0.398. The van der Waals surface area contributed by atoms with Gasteiger partial charge in [-0.05, 0) is 73.2 Å². The second-order valence-electron chi connectivity index (χ2n) is 6.98. The molecule has 1 atom stereocenters. The van der Waals surface area contributed by atoms with Crippen molar-refractivity contribution in [2.24, 2.45) is 0 Å². The van der Waals surface area contributed by atoms with Crippen LogP contribution in [0.2, 0.25) is 0 Å². The van der Waals surface area contributed by atoms with Gasteiger partial charge in [0, 0.05) is 23.3 Å². The molecule has 0 spiro atoms. The third kappa shape index (κ3) is 4.46. The number of hydrogen-bond acceptors (Lipinski definition) is 2. The summed E-state index contributed by atoms with van der Waals surface area (Å²) in [4.78, 5) is 0. The first-order chi connectivity index (χ1) is 14.2. The predicted molar refractivity (Wildman–Crippen MR) is 115 cm³/mol. The Morgan fingerprint density at radius 1 is 0.621 bits per heavy atom. The Balaban J connectivity index is 1.67. The zero-order valence-electron chi connectivity index (χ0n) is 16.7. The summed E-state index contributed by atoms with van der Waals surface area (Å²) in [5, 5.41) is 0. The van der Waals surface area contributed by atoms with E-state index in [1.807, 2.05) is 54.6 Å². The van der Waals surface area contributed by atoms with Crippen LogP contribution in [0.15, 0.2) is 103 Å². The monoisotopic (exact) mass is 382 g/mol. The van der Waals surface area contributed by atoms with E-state index in [1.54, 1.807) is 7.11 Å². The van der Waals surface area contributed by atoms with Crippen molar-refractivity contribution in [3.63, 3.8) is 0 Å². The van der Waals surface area contributed by atoms with Gasteiger partial charge in [0.1, 0.15) is 17.2 Å². The third-order valence-corrected chi connectivity index (χ3v) is 4.92. The van der Waals surface area contributed by atoms with Gasteiger partial charge in [-0.15, -0.1) is 0 Å². The summed E-state index contributed by atoms with van der Waals surface area (Å²) < 4.78 is 13.5. The summed E-state index contributed by atoms with van der Waals surface area (Å²) >= 11 is 0. The number of benzene rings is 3. The van der Waals surface area contributed by atoms with E-state index in [0.717, 1.165) is 17.2 Å². The van der Waals surface area contributed by atoms with E-state index in [1.165, 1.54) is 16.7 Å². The van der Waals surface area contributed by atoms with Crippen molar-refractivity contribution in [2.75, 3.05) is 7.11 Å². The van der Waals surface area contributed by atoms with Crippen LogP contribution < -0.4 is 14.0 Å². The Morgan fingerprint density at radius 2 is 1.14 bits per heavy atom. The number of hydrogen-bond donors (Lipinski definition) is 0. The van der Waals surface area contributed by atoms with Gasteiger partial charge >= 0.3 is 0 Å². The highest BCUT2D eigenvalue weighted by atomic mass is 16.5. The van der Waals surface area contributed by atoms with Crippen LogP contribution in [0.5, 0.6) is 17.2 Å². The molecule has 0 bridgehead atoms. The lowest BCUT2D eigenvalue weighted by Crippen LogP contribution is -2.40. The van der Waals surface area contributed by atoms with E-state index in [9.17, 15) is 0 Å². The van der Waals surface area contributed by atoms with Crippen LogP contribution in [-0.4, -0.2) is 7.11 Å². The second-order valence-corrected chi connectivity index (χ2v) is 6.98. The highest BCUT2D eigenvalue weighted by Crippen LogP contribution is 2.27. The van der Waals surface area contributed by atoms with E-state index < -0.39 is 0 Å². The minimum absolute atomic E-state index is 0.0623. The fourth-order valence-electron chi connectivity index (χ4n) is 3.35. The zero-order valence-corrected chi connectivity index (χ0v) is 16.7. The lowest BCUT2D eigenvalue weighted by atomic mass is 9.98. The van der Waals surface area contributed by atoms with Gasteiger partial charge in [0.05, 0.1) is 7.11 Å². The summed E-state index contributed by atoms with van der Waals surface area (Å²) in [6.07, 6.45) is 4.25. The summed E-state index contributed by atoms with van der Waals surface area (Å²) in [5.41, 5.74) is 3.61. The van der Waals surface area contributed by atoms with Crippen LogP contribution in [0.1, 0.15) is 22.7 Å². The average Bonchev–Trinajstić information content (AvgIpc) is 2.78. The number of ether oxygens (including phenoxy) is 2. The SMILES string of the molecule is COc1ccc(C(c2ccc(Oc3ccccc3)cc2)[n+]2ccc(C)cc2)cc1. The molecule has 0 N–H and O–H groups in total. The van der Waals surface area contributed by atoms with E-state index in [-0.39, 0.29) is 6.04 Å². The van der Waals surface area contributed by atoms with Crippen molar-refractivity contribution >= 4 is 0 Å². The van der Waals surface area contributed by atoms with Gasteiger partial charge in [0.15, 0.2) is 12.4 Å². The van der Waals surface area contributed by atoms with E-state index >= 15 is 0 Å². The van der Waals surface area contributed by atoms with Crippen molar-refractivity contribution in [3.8, 4) is 17.2 Å². The highest BCUT2D eigenvalue weighted by molar-refractivity contribution is 5.38. The molecule has 3 nitrogen and oxygen atoms in total. The zero-order chi connectivity index (χ0) is 20.1. The molecule has 0 aliphatic heterocycles. The molecule has 29 heavy (non-hydrogen) atoms. The van der Waals surface area contributed by atoms with Crippen molar-refractivity contribution in [2.45, 2.75) is 13.0 Å². The number of methoxy groups -OCH3 is 1. The molecule has 0 amide bonds. The Morgan fingerprint density at radius 3 is 1.69 bits per heavy atom. The molecule has 0 saturated heterocycles.